The lowest BCUT2D eigenvalue weighted by atomic mass is 10.3. The highest BCUT2D eigenvalue weighted by Gasteiger charge is 2.32. The van der Waals surface area contributed by atoms with Gasteiger partial charge in [0.15, 0.2) is 9.84 Å². The molecule has 0 aliphatic carbocycles. The number of rotatable bonds is 6. The number of carbonyl (C=O) groups is 1. The normalized spacial score (nSPS) is 19.6. The molecule has 1 aliphatic rings. The molecule has 1 N–H and O–H groups in total. The molecule has 22 heavy (non-hydrogen) atoms. The van der Waals surface area contributed by atoms with E-state index in [1.807, 2.05) is 0 Å². The molecule has 1 saturated heterocycles. The van der Waals surface area contributed by atoms with Crippen LogP contribution < -0.4 is 10.1 Å². The summed E-state index contributed by atoms with van der Waals surface area (Å²) < 4.78 is 35.1. The number of para-hydroxylation sites is 2. The summed E-state index contributed by atoms with van der Waals surface area (Å²) in [5.41, 5.74) is 0.453. The van der Waals surface area contributed by atoms with E-state index in [9.17, 15) is 13.2 Å². The molecule has 0 spiro atoms. The molecular formula is C15H21NO5S. The first kappa shape index (κ1) is 16.8. The van der Waals surface area contributed by atoms with Crippen LogP contribution in [0.3, 0.4) is 0 Å². The standard InChI is InChI=1S/C15H21NO5S/c1-11(22(18,19)10-12-6-5-9-21-12)15(17)16-13-7-3-4-8-14(13)20-2/h3-4,7-8,11-12H,5-6,9-10H2,1-2H3,(H,16,17)/t11-,12+/m1/s1. The molecule has 7 heteroatoms. The fraction of sp³-hybridized carbons (Fsp3) is 0.533. The van der Waals surface area contributed by atoms with Crippen molar-refractivity contribution in [2.24, 2.45) is 0 Å². The fourth-order valence-electron chi connectivity index (χ4n) is 2.32. The number of methoxy groups -OCH3 is 1. The second-order valence-electron chi connectivity index (χ2n) is 5.30. The number of anilines is 1. The molecule has 122 valence electrons. The van der Waals surface area contributed by atoms with Gasteiger partial charge in [0.05, 0.1) is 24.7 Å². The maximum Gasteiger partial charge on any atom is 0.242 e. The summed E-state index contributed by atoms with van der Waals surface area (Å²) in [5.74, 6) is -0.199. The summed E-state index contributed by atoms with van der Waals surface area (Å²) >= 11 is 0. The van der Waals surface area contributed by atoms with E-state index in [4.69, 9.17) is 9.47 Å². The largest absolute Gasteiger partial charge is 0.495 e. The van der Waals surface area contributed by atoms with Crippen molar-refractivity contribution in [1.29, 1.82) is 0 Å². The summed E-state index contributed by atoms with van der Waals surface area (Å²) in [6, 6.07) is 6.87. The van der Waals surface area contributed by atoms with E-state index in [0.29, 0.717) is 18.0 Å². The Morgan fingerprint density at radius 1 is 1.45 bits per heavy atom. The number of carbonyl (C=O) groups excluding carboxylic acids is 1. The molecule has 1 amide bonds. The molecule has 1 aromatic rings. The third-order valence-electron chi connectivity index (χ3n) is 3.71. The smallest absolute Gasteiger partial charge is 0.242 e. The van der Waals surface area contributed by atoms with E-state index in [1.54, 1.807) is 24.3 Å². The third kappa shape index (κ3) is 3.98. The molecule has 0 saturated carbocycles. The van der Waals surface area contributed by atoms with Gasteiger partial charge in [0.25, 0.3) is 0 Å². The molecule has 1 aromatic carbocycles. The molecule has 0 bridgehead atoms. The third-order valence-corrected chi connectivity index (χ3v) is 5.84. The van der Waals surface area contributed by atoms with Gasteiger partial charge in [-0.15, -0.1) is 0 Å². The van der Waals surface area contributed by atoms with Gasteiger partial charge in [0.2, 0.25) is 5.91 Å². The van der Waals surface area contributed by atoms with Crippen molar-refractivity contribution in [1.82, 2.24) is 0 Å². The highest BCUT2D eigenvalue weighted by molar-refractivity contribution is 7.92. The number of hydrogen-bond acceptors (Lipinski definition) is 5. The topological polar surface area (TPSA) is 81.7 Å². The summed E-state index contributed by atoms with van der Waals surface area (Å²) in [7, 11) is -2.07. The first-order chi connectivity index (χ1) is 10.4. The average Bonchev–Trinajstić information content (AvgIpc) is 2.99. The highest BCUT2D eigenvalue weighted by atomic mass is 32.2. The van der Waals surface area contributed by atoms with Crippen LogP contribution in [-0.4, -0.2) is 45.1 Å². The maximum atomic E-state index is 12.3. The van der Waals surface area contributed by atoms with Crippen LogP contribution in [0.25, 0.3) is 0 Å². The van der Waals surface area contributed by atoms with Crippen LogP contribution in [0.1, 0.15) is 19.8 Å². The second kappa shape index (κ2) is 7.11. The molecule has 2 atom stereocenters. The van der Waals surface area contributed by atoms with Crippen molar-refractivity contribution in [3.8, 4) is 5.75 Å². The van der Waals surface area contributed by atoms with E-state index < -0.39 is 21.0 Å². The number of hydrogen-bond donors (Lipinski definition) is 1. The lowest BCUT2D eigenvalue weighted by molar-refractivity contribution is -0.115. The summed E-state index contributed by atoms with van der Waals surface area (Å²) in [5, 5.41) is 1.47. The first-order valence-electron chi connectivity index (χ1n) is 7.21. The first-order valence-corrected chi connectivity index (χ1v) is 8.92. The zero-order valence-corrected chi connectivity index (χ0v) is 13.6. The number of benzene rings is 1. The number of amides is 1. The van der Waals surface area contributed by atoms with Crippen LogP contribution in [0.4, 0.5) is 5.69 Å². The average molecular weight is 327 g/mol. The summed E-state index contributed by atoms with van der Waals surface area (Å²) in [6.07, 6.45) is 1.29. The summed E-state index contributed by atoms with van der Waals surface area (Å²) in [4.78, 5) is 12.2. The van der Waals surface area contributed by atoms with Gasteiger partial charge in [0, 0.05) is 6.61 Å². The van der Waals surface area contributed by atoms with Gasteiger partial charge in [-0.25, -0.2) is 8.42 Å². The fourth-order valence-corrected chi connectivity index (χ4v) is 3.78. The predicted molar refractivity (Wildman–Crippen MR) is 83.8 cm³/mol. The van der Waals surface area contributed by atoms with E-state index in [0.717, 1.165) is 12.8 Å². The van der Waals surface area contributed by atoms with Crippen LogP contribution in [0.2, 0.25) is 0 Å². The minimum atomic E-state index is -3.56. The lowest BCUT2D eigenvalue weighted by Gasteiger charge is -2.17. The Hall–Kier alpha value is -1.60. The van der Waals surface area contributed by atoms with Crippen LogP contribution >= 0.6 is 0 Å². The van der Waals surface area contributed by atoms with Gasteiger partial charge in [0.1, 0.15) is 11.0 Å². The van der Waals surface area contributed by atoms with E-state index in [2.05, 4.69) is 5.32 Å². The minimum absolute atomic E-state index is 0.118. The zero-order valence-electron chi connectivity index (χ0n) is 12.7. The second-order valence-corrected chi connectivity index (χ2v) is 7.66. The SMILES string of the molecule is COc1ccccc1NC(=O)[C@@H](C)S(=O)(=O)C[C@@H]1CCCO1. The molecule has 2 rings (SSSR count). The Labute approximate surface area is 130 Å². The Morgan fingerprint density at radius 2 is 2.18 bits per heavy atom. The molecule has 6 nitrogen and oxygen atoms in total. The quantitative estimate of drug-likeness (QED) is 0.858. The van der Waals surface area contributed by atoms with Crippen molar-refractivity contribution in [2.75, 3.05) is 24.8 Å². The van der Waals surface area contributed by atoms with E-state index >= 15 is 0 Å². The van der Waals surface area contributed by atoms with Crippen molar-refractivity contribution in [3.05, 3.63) is 24.3 Å². The minimum Gasteiger partial charge on any atom is -0.495 e. The number of ether oxygens (including phenoxy) is 2. The Bertz CT molecular complexity index is 623. The van der Waals surface area contributed by atoms with Gasteiger partial charge in [-0.05, 0) is 31.9 Å². The number of nitrogens with one attached hydrogen (secondary N) is 1. The molecule has 0 radical (unpaired) electrons. The molecule has 0 aromatic heterocycles. The van der Waals surface area contributed by atoms with Crippen LogP contribution in [-0.2, 0) is 19.4 Å². The Balaban J connectivity index is 2.04. The van der Waals surface area contributed by atoms with Gasteiger partial charge in [-0.2, -0.15) is 0 Å². The maximum absolute atomic E-state index is 12.3. The highest BCUT2D eigenvalue weighted by Crippen LogP contribution is 2.24. The molecule has 1 fully saturated rings. The molecule has 1 heterocycles. The van der Waals surface area contributed by atoms with Gasteiger partial charge in [-0.3, -0.25) is 4.79 Å². The monoisotopic (exact) mass is 327 g/mol. The Morgan fingerprint density at radius 3 is 2.82 bits per heavy atom. The zero-order chi connectivity index (χ0) is 16.2. The van der Waals surface area contributed by atoms with Gasteiger partial charge >= 0.3 is 0 Å². The van der Waals surface area contributed by atoms with Gasteiger partial charge < -0.3 is 14.8 Å². The summed E-state index contributed by atoms with van der Waals surface area (Å²) in [6.45, 7) is 1.98. The van der Waals surface area contributed by atoms with E-state index in [-0.39, 0.29) is 11.9 Å². The van der Waals surface area contributed by atoms with Crippen LogP contribution in [0.5, 0.6) is 5.75 Å². The van der Waals surface area contributed by atoms with Gasteiger partial charge in [-0.1, -0.05) is 12.1 Å². The van der Waals surface area contributed by atoms with Crippen molar-refractivity contribution >= 4 is 21.4 Å². The number of sulfone groups is 1. The van der Waals surface area contributed by atoms with Crippen LogP contribution in [0, 0.1) is 0 Å². The molecule has 1 aliphatic heterocycles. The van der Waals surface area contributed by atoms with Crippen molar-refractivity contribution in [3.63, 3.8) is 0 Å². The Kier molecular flexibility index (Phi) is 5.42. The van der Waals surface area contributed by atoms with Crippen molar-refractivity contribution < 1.29 is 22.7 Å². The van der Waals surface area contributed by atoms with Crippen LogP contribution in [0.15, 0.2) is 24.3 Å². The van der Waals surface area contributed by atoms with E-state index in [1.165, 1.54) is 14.0 Å². The predicted octanol–water partition coefficient (Wildman–Crippen LogP) is 1.62. The van der Waals surface area contributed by atoms with Crippen molar-refractivity contribution in [2.45, 2.75) is 31.1 Å². The molecular weight excluding hydrogens is 306 g/mol. The lowest BCUT2D eigenvalue weighted by Crippen LogP contribution is -2.37. The molecule has 0 unspecified atom stereocenters.